The predicted octanol–water partition coefficient (Wildman–Crippen LogP) is 2.45. The number of amides is 1. The van der Waals surface area contributed by atoms with Crippen molar-refractivity contribution in [3.05, 3.63) is 34.4 Å². The van der Waals surface area contributed by atoms with Crippen molar-refractivity contribution in [3.63, 3.8) is 0 Å². The Kier molecular flexibility index (Phi) is 3.88. The van der Waals surface area contributed by atoms with Gasteiger partial charge in [-0.1, -0.05) is 18.9 Å². The molecule has 3 unspecified atom stereocenters. The summed E-state index contributed by atoms with van der Waals surface area (Å²) in [5, 5.41) is 16.9. The molecule has 6 nitrogen and oxygen atoms in total. The highest BCUT2D eigenvalue weighted by atomic mass is 16.6. The van der Waals surface area contributed by atoms with Crippen molar-refractivity contribution in [1.82, 2.24) is 5.32 Å². The van der Waals surface area contributed by atoms with Gasteiger partial charge in [0.25, 0.3) is 5.69 Å². The summed E-state index contributed by atoms with van der Waals surface area (Å²) in [6.07, 6.45) is 5.68. The van der Waals surface area contributed by atoms with Crippen LogP contribution in [0.2, 0.25) is 0 Å². The number of nitro groups is 1. The zero-order valence-corrected chi connectivity index (χ0v) is 11.7. The normalized spacial score (nSPS) is 27.9. The molecule has 1 aromatic rings. The molecular weight excluding hydrogens is 270 g/mol. The third-order valence-electron chi connectivity index (χ3n) is 4.50. The number of rotatable bonds is 3. The second-order valence-electron chi connectivity index (χ2n) is 5.90. The highest BCUT2D eigenvalue weighted by molar-refractivity contribution is 5.95. The van der Waals surface area contributed by atoms with Gasteiger partial charge in [0.15, 0.2) is 0 Å². The van der Waals surface area contributed by atoms with Crippen molar-refractivity contribution in [1.29, 1.82) is 0 Å². The van der Waals surface area contributed by atoms with Gasteiger partial charge in [-0.25, -0.2) is 0 Å². The lowest BCUT2D eigenvalue weighted by Gasteiger charge is -2.24. The number of carbonyl (C=O) groups excluding carboxylic acids is 1. The highest BCUT2D eigenvalue weighted by Gasteiger charge is 2.38. The molecule has 6 heteroatoms. The van der Waals surface area contributed by atoms with E-state index in [4.69, 9.17) is 0 Å². The van der Waals surface area contributed by atoms with Gasteiger partial charge in [-0.05, 0) is 31.2 Å². The van der Waals surface area contributed by atoms with Crippen molar-refractivity contribution >= 4 is 17.3 Å². The second kappa shape index (κ2) is 5.81. The van der Waals surface area contributed by atoms with Gasteiger partial charge in [-0.2, -0.15) is 0 Å². The first-order chi connectivity index (χ1) is 10.1. The Hall–Kier alpha value is -1.95. The molecule has 3 rings (SSSR count). The maximum absolute atomic E-state index is 12.3. The molecule has 0 aromatic heterocycles. The quantitative estimate of drug-likeness (QED) is 0.661. The number of benzene rings is 1. The summed E-state index contributed by atoms with van der Waals surface area (Å²) in [5.74, 6) is 0.504. The average molecular weight is 289 g/mol. The molecule has 1 heterocycles. The maximum atomic E-state index is 12.3. The molecule has 2 fully saturated rings. The van der Waals surface area contributed by atoms with E-state index in [9.17, 15) is 14.9 Å². The first-order valence-corrected chi connectivity index (χ1v) is 7.45. The summed E-state index contributed by atoms with van der Waals surface area (Å²) in [7, 11) is 0. The molecule has 1 aromatic carbocycles. The summed E-state index contributed by atoms with van der Waals surface area (Å²) in [6, 6.07) is 6.33. The van der Waals surface area contributed by atoms with Crippen molar-refractivity contribution in [2.24, 2.45) is 5.92 Å². The van der Waals surface area contributed by atoms with E-state index in [1.807, 2.05) is 0 Å². The number of nitro benzene ring substituents is 1. The number of anilines is 1. The van der Waals surface area contributed by atoms with Gasteiger partial charge >= 0.3 is 0 Å². The van der Waals surface area contributed by atoms with Gasteiger partial charge in [0.2, 0.25) is 5.91 Å². The Morgan fingerprint density at radius 2 is 2.14 bits per heavy atom. The van der Waals surface area contributed by atoms with Gasteiger partial charge in [-0.15, -0.1) is 0 Å². The second-order valence-corrected chi connectivity index (χ2v) is 5.90. The van der Waals surface area contributed by atoms with E-state index >= 15 is 0 Å². The van der Waals surface area contributed by atoms with Crippen LogP contribution < -0.4 is 10.6 Å². The lowest BCUT2D eigenvalue weighted by atomic mass is 9.85. The summed E-state index contributed by atoms with van der Waals surface area (Å²) in [5.41, 5.74) is 0.465. The van der Waals surface area contributed by atoms with Gasteiger partial charge in [0, 0.05) is 23.9 Å². The molecule has 3 atom stereocenters. The third kappa shape index (κ3) is 3.05. The zero-order valence-electron chi connectivity index (χ0n) is 11.7. The maximum Gasteiger partial charge on any atom is 0.271 e. The van der Waals surface area contributed by atoms with Crippen LogP contribution in [0, 0.1) is 16.0 Å². The summed E-state index contributed by atoms with van der Waals surface area (Å²) in [6.45, 7) is 0. The Morgan fingerprint density at radius 3 is 2.90 bits per heavy atom. The Morgan fingerprint density at radius 1 is 1.33 bits per heavy atom. The summed E-state index contributed by atoms with van der Waals surface area (Å²) in [4.78, 5) is 22.6. The molecule has 1 aliphatic carbocycles. The standard InChI is InChI=1S/C15H19N3O3/c19-15(14-8-10-4-1-2-7-13(10)17-14)16-11-5-3-6-12(9-11)18(20)21/h3,5-6,9-10,13-14,17H,1-2,4,7-8H2,(H,16,19). The van der Waals surface area contributed by atoms with Crippen LogP contribution in [0.25, 0.3) is 0 Å². The summed E-state index contributed by atoms with van der Waals surface area (Å²) < 4.78 is 0. The first-order valence-electron chi connectivity index (χ1n) is 7.45. The molecule has 0 radical (unpaired) electrons. The van der Waals surface area contributed by atoms with Crippen LogP contribution in [0.4, 0.5) is 11.4 Å². The number of nitrogens with zero attached hydrogens (tertiary/aromatic N) is 1. The molecule has 1 saturated heterocycles. The fourth-order valence-corrected chi connectivity index (χ4v) is 3.45. The Bertz CT molecular complexity index is 547. The van der Waals surface area contributed by atoms with E-state index in [0.29, 0.717) is 17.6 Å². The van der Waals surface area contributed by atoms with E-state index in [1.165, 1.54) is 31.4 Å². The van der Waals surface area contributed by atoms with Crippen molar-refractivity contribution < 1.29 is 9.72 Å². The number of hydrogen-bond donors (Lipinski definition) is 2. The van der Waals surface area contributed by atoms with Crippen LogP contribution >= 0.6 is 0 Å². The van der Waals surface area contributed by atoms with Crippen LogP contribution in [0.1, 0.15) is 32.1 Å². The van der Waals surface area contributed by atoms with Gasteiger partial charge in [0.1, 0.15) is 0 Å². The lowest BCUT2D eigenvalue weighted by molar-refractivity contribution is -0.384. The lowest BCUT2D eigenvalue weighted by Crippen LogP contribution is -2.39. The summed E-state index contributed by atoms with van der Waals surface area (Å²) >= 11 is 0. The molecule has 1 aliphatic heterocycles. The molecule has 1 saturated carbocycles. The number of hydrogen-bond acceptors (Lipinski definition) is 4. The molecule has 2 aliphatic rings. The third-order valence-corrected chi connectivity index (χ3v) is 4.50. The van der Waals surface area contributed by atoms with Crippen LogP contribution in [0.15, 0.2) is 24.3 Å². The molecule has 112 valence electrons. The molecule has 1 amide bonds. The minimum Gasteiger partial charge on any atom is -0.324 e. The number of nitrogens with one attached hydrogen (secondary N) is 2. The van der Waals surface area contributed by atoms with Crippen LogP contribution in [-0.2, 0) is 4.79 Å². The van der Waals surface area contributed by atoms with Crippen LogP contribution in [0.3, 0.4) is 0 Å². The van der Waals surface area contributed by atoms with Crippen molar-refractivity contribution in [2.75, 3.05) is 5.32 Å². The van der Waals surface area contributed by atoms with Gasteiger partial charge in [0.05, 0.1) is 11.0 Å². The average Bonchev–Trinajstić information content (AvgIpc) is 2.91. The molecule has 0 spiro atoms. The van der Waals surface area contributed by atoms with Gasteiger partial charge < -0.3 is 10.6 Å². The topological polar surface area (TPSA) is 84.3 Å². The van der Waals surface area contributed by atoms with Crippen molar-refractivity contribution in [2.45, 2.75) is 44.2 Å². The number of fused-ring (bicyclic) bond motifs is 1. The van der Waals surface area contributed by atoms with E-state index in [2.05, 4.69) is 10.6 Å². The minimum atomic E-state index is -0.460. The van der Waals surface area contributed by atoms with E-state index in [0.717, 1.165) is 12.8 Å². The number of non-ortho nitro benzene ring substituents is 1. The Labute approximate surface area is 123 Å². The zero-order chi connectivity index (χ0) is 14.8. The number of carbonyl (C=O) groups is 1. The van der Waals surface area contributed by atoms with Gasteiger partial charge in [-0.3, -0.25) is 14.9 Å². The largest absolute Gasteiger partial charge is 0.324 e. The molecule has 21 heavy (non-hydrogen) atoms. The van der Waals surface area contributed by atoms with E-state index in [1.54, 1.807) is 12.1 Å². The molecule has 0 bridgehead atoms. The SMILES string of the molecule is O=C(Nc1cccc([N+](=O)[O-])c1)C1CC2CCCCC2N1. The van der Waals surface area contributed by atoms with E-state index < -0.39 is 4.92 Å². The van der Waals surface area contributed by atoms with Crippen LogP contribution in [-0.4, -0.2) is 22.9 Å². The fourth-order valence-electron chi connectivity index (χ4n) is 3.45. The fraction of sp³-hybridized carbons (Fsp3) is 0.533. The monoisotopic (exact) mass is 289 g/mol. The highest BCUT2D eigenvalue weighted by Crippen LogP contribution is 2.33. The first kappa shape index (κ1) is 14.0. The smallest absolute Gasteiger partial charge is 0.271 e. The molecular formula is C15H19N3O3. The molecule has 2 N–H and O–H groups in total. The minimum absolute atomic E-state index is 0.0131. The van der Waals surface area contributed by atoms with Crippen molar-refractivity contribution in [3.8, 4) is 0 Å². The van der Waals surface area contributed by atoms with E-state index in [-0.39, 0.29) is 17.6 Å². The predicted molar refractivity (Wildman–Crippen MR) is 79.0 cm³/mol. The Balaban J connectivity index is 1.64. The van der Waals surface area contributed by atoms with Crippen LogP contribution in [0.5, 0.6) is 0 Å².